The van der Waals surface area contributed by atoms with Gasteiger partial charge in [-0.3, -0.25) is 4.90 Å². The molecule has 152 valence electrons. The molecule has 2 atom stereocenters. The Balaban J connectivity index is 1.51. The number of aliphatic hydroxyl groups is 1. The number of hydrogen-bond acceptors (Lipinski definition) is 5. The summed E-state index contributed by atoms with van der Waals surface area (Å²) in [7, 11) is -3.20. The fourth-order valence-corrected chi connectivity index (χ4v) is 4.48. The van der Waals surface area contributed by atoms with Gasteiger partial charge in [-0.25, -0.2) is 8.42 Å². The van der Waals surface area contributed by atoms with E-state index in [0.717, 1.165) is 31.0 Å². The SMILES string of the molecule is CS(=O)(=O)c1ccc(OCC2C[C@@H](CO)N(CCc3cccc(Cl)c3)C2)cc1. The topological polar surface area (TPSA) is 66.8 Å². The summed E-state index contributed by atoms with van der Waals surface area (Å²) in [6.07, 6.45) is 2.96. The molecule has 1 saturated heterocycles. The summed E-state index contributed by atoms with van der Waals surface area (Å²) in [5.41, 5.74) is 1.19. The number of likely N-dealkylation sites (tertiary alicyclic amines) is 1. The van der Waals surface area contributed by atoms with E-state index in [1.165, 1.54) is 11.8 Å². The van der Waals surface area contributed by atoms with Gasteiger partial charge < -0.3 is 9.84 Å². The number of benzene rings is 2. The lowest BCUT2D eigenvalue weighted by Gasteiger charge is -2.22. The Labute approximate surface area is 171 Å². The van der Waals surface area contributed by atoms with Crippen LogP contribution in [0.5, 0.6) is 5.75 Å². The highest BCUT2D eigenvalue weighted by Crippen LogP contribution is 2.25. The van der Waals surface area contributed by atoms with Gasteiger partial charge in [-0.15, -0.1) is 0 Å². The van der Waals surface area contributed by atoms with Crippen LogP contribution in [0, 0.1) is 5.92 Å². The van der Waals surface area contributed by atoms with Crippen LogP contribution in [0.2, 0.25) is 5.02 Å². The highest BCUT2D eigenvalue weighted by atomic mass is 35.5. The molecular formula is C21H26ClNO4S. The van der Waals surface area contributed by atoms with Gasteiger partial charge in [-0.1, -0.05) is 23.7 Å². The lowest BCUT2D eigenvalue weighted by molar-refractivity contribution is 0.159. The van der Waals surface area contributed by atoms with Gasteiger partial charge >= 0.3 is 0 Å². The Morgan fingerprint density at radius 3 is 2.61 bits per heavy atom. The van der Waals surface area contributed by atoms with E-state index in [4.69, 9.17) is 16.3 Å². The molecule has 1 N–H and O–H groups in total. The summed E-state index contributed by atoms with van der Waals surface area (Å²) in [6.45, 7) is 2.41. The fraction of sp³-hybridized carbons (Fsp3) is 0.429. The van der Waals surface area contributed by atoms with Crippen molar-refractivity contribution in [2.75, 3.05) is 32.6 Å². The van der Waals surface area contributed by atoms with E-state index >= 15 is 0 Å². The van der Waals surface area contributed by atoms with Crippen LogP contribution < -0.4 is 4.74 Å². The van der Waals surface area contributed by atoms with Crippen molar-refractivity contribution in [3.63, 3.8) is 0 Å². The zero-order chi connectivity index (χ0) is 20.1. The molecular weight excluding hydrogens is 398 g/mol. The van der Waals surface area contributed by atoms with Crippen molar-refractivity contribution in [1.29, 1.82) is 0 Å². The molecule has 0 radical (unpaired) electrons. The highest BCUT2D eigenvalue weighted by molar-refractivity contribution is 7.90. The first kappa shape index (κ1) is 21.1. The van der Waals surface area contributed by atoms with E-state index < -0.39 is 9.84 Å². The van der Waals surface area contributed by atoms with Crippen molar-refractivity contribution in [2.45, 2.75) is 23.8 Å². The molecule has 1 fully saturated rings. The third-order valence-corrected chi connectivity index (χ3v) is 6.50. The zero-order valence-electron chi connectivity index (χ0n) is 15.9. The van der Waals surface area contributed by atoms with Crippen molar-refractivity contribution >= 4 is 21.4 Å². The molecule has 1 heterocycles. The van der Waals surface area contributed by atoms with Crippen LogP contribution in [0.4, 0.5) is 0 Å². The van der Waals surface area contributed by atoms with Gasteiger partial charge in [0.1, 0.15) is 5.75 Å². The summed E-state index contributed by atoms with van der Waals surface area (Å²) in [4.78, 5) is 2.59. The summed E-state index contributed by atoms with van der Waals surface area (Å²) < 4.78 is 28.9. The maximum atomic E-state index is 11.5. The monoisotopic (exact) mass is 423 g/mol. The van der Waals surface area contributed by atoms with Crippen LogP contribution in [0.25, 0.3) is 0 Å². The van der Waals surface area contributed by atoms with Crippen LogP contribution in [0.15, 0.2) is 53.4 Å². The van der Waals surface area contributed by atoms with Gasteiger partial charge in [0, 0.05) is 36.3 Å². The van der Waals surface area contributed by atoms with Crippen molar-refractivity contribution in [1.82, 2.24) is 4.90 Å². The van der Waals surface area contributed by atoms with E-state index in [0.29, 0.717) is 18.3 Å². The second-order valence-electron chi connectivity index (χ2n) is 7.37. The fourth-order valence-electron chi connectivity index (χ4n) is 3.64. The Hall–Kier alpha value is -1.60. The lowest BCUT2D eigenvalue weighted by atomic mass is 10.1. The molecule has 0 saturated carbocycles. The van der Waals surface area contributed by atoms with E-state index in [1.807, 2.05) is 18.2 Å². The van der Waals surface area contributed by atoms with Crippen molar-refractivity contribution < 1.29 is 18.3 Å². The first-order valence-corrected chi connectivity index (χ1v) is 11.6. The second-order valence-corrected chi connectivity index (χ2v) is 9.82. The quantitative estimate of drug-likeness (QED) is 0.706. The third kappa shape index (κ3) is 5.70. The predicted octanol–water partition coefficient (Wildman–Crippen LogP) is 3.05. The van der Waals surface area contributed by atoms with Gasteiger partial charge in [0.25, 0.3) is 0 Å². The Morgan fingerprint density at radius 2 is 1.96 bits per heavy atom. The van der Waals surface area contributed by atoms with Gasteiger partial charge in [0.2, 0.25) is 0 Å². The molecule has 0 aromatic heterocycles. The van der Waals surface area contributed by atoms with Crippen molar-refractivity contribution in [3.05, 3.63) is 59.1 Å². The van der Waals surface area contributed by atoms with Crippen LogP contribution >= 0.6 is 11.6 Å². The molecule has 28 heavy (non-hydrogen) atoms. The van der Waals surface area contributed by atoms with Crippen LogP contribution in [0.3, 0.4) is 0 Å². The summed E-state index contributed by atoms with van der Waals surface area (Å²) >= 11 is 6.05. The largest absolute Gasteiger partial charge is 0.493 e. The average Bonchev–Trinajstić information content (AvgIpc) is 3.07. The molecule has 0 bridgehead atoms. The number of sulfone groups is 1. The molecule has 1 unspecified atom stereocenters. The minimum atomic E-state index is -3.20. The minimum absolute atomic E-state index is 0.134. The average molecular weight is 424 g/mol. The number of aliphatic hydroxyl groups excluding tert-OH is 1. The molecule has 0 amide bonds. The highest BCUT2D eigenvalue weighted by Gasteiger charge is 2.31. The zero-order valence-corrected chi connectivity index (χ0v) is 17.5. The first-order valence-electron chi connectivity index (χ1n) is 9.37. The molecule has 1 aliphatic heterocycles. The molecule has 2 aromatic rings. The van der Waals surface area contributed by atoms with Gasteiger partial charge in [-0.2, -0.15) is 0 Å². The van der Waals surface area contributed by atoms with E-state index in [2.05, 4.69) is 11.0 Å². The second kappa shape index (κ2) is 9.27. The van der Waals surface area contributed by atoms with E-state index in [1.54, 1.807) is 24.3 Å². The number of ether oxygens (including phenoxy) is 1. The van der Waals surface area contributed by atoms with Gasteiger partial charge in [0.15, 0.2) is 9.84 Å². The Morgan fingerprint density at radius 1 is 1.21 bits per heavy atom. The molecule has 5 nitrogen and oxygen atoms in total. The normalized spacial score (nSPS) is 20.4. The standard InChI is InChI=1S/C21H26ClNO4S/c1-28(25,26)21-7-5-20(6-8-21)27-15-17-12-19(14-24)23(13-17)10-9-16-3-2-4-18(22)11-16/h2-8,11,17,19,24H,9-10,12-15H2,1H3/t17?,19-/m0/s1. The summed E-state index contributed by atoms with van der Waals surface area (Å²) in [5, 5.41) is 10.5. The lowest BCUT2D eigenvalue weighted by Crippen LogP contribution is -2.34. The van der Waals surface area contributed by atoms with E-state index in [-0.39, 0.29) is 17.5 Å². The minimum Gasteiger partial charge on any atom is -0.493 e. The molecule has 3 rings (SSSR count). The van der Waals surface area contributed by atoms with E-state index in [9.17, 15) is 13.5 Å². The van der Waals surface area contributed by atoms with Gasteiger partial charge in [-0.05, 0) is 54.8 Å². The Kier molecular flexibility index (Phi) is 6.99. The number of hydrogen-bond donors (Lipinski definition) is 1. The molecule has 0 spiro atoms. The predicted molar refractivity (Wildman–Crippen MR) is 111 cm³/mol. The van der Waals surface area contributed by atoms with Gasteiger partial charge in [0.05, 0.1) is 18.1 Å². The number of rotatable bonds is 8. The van der Waals surface area contributed by atoms with Crippen LogP contribution in [0.1, 0.15) is 12.0 Å². The third-order valence-electron chi connectivity index (χ3n) is 5.14. The molecule has 1 aliphatic rings. The number of halogens is 1. The first-order chi connectivity index (χ1) is 13.3. The van der Waals surface area contributed by atoms with Crippen molar-refractivity contribution in [3.8, 4) is 5.75 Å². The maximum absolute atomic E-state index is 11.5. The molecule has 7 heteroatoms. The van der Waals surface area contributed by atoms with Crippen LogP contribution in [-0.4, -0.2) is 57.0 Å². The van der Waals surface area contributed by atoms with Crippen molar-refractivity contribution in [2.24, 2.45) is 5.92 Å². The summed E-state index contributed by atoms with van der Waals surface area (Å²) in [6, 6.07) is 14.5. The summed E-state index contributed by atoms with van der Waals surface area (Å²) in [5.74, 6) is 0.983. The molecule has 2 aromatic carbocycles. The Bertz CT molecular complexity index is 886. The molecule has 0 aliphatic carbocycles. The number of nitrogens with zero attached hydrogens (tertiary/aromatic N) is 1. The van der Waals surface area contributed by atoms with Crippen LogP contribution in [-0.2, 0) is 16.3 Å². The maximum Gasteiger partial charge on any atom is 0.175 e. The smallest absolute Gasteiger partial charge is 0.175 e.